The van der Waals surface area contributed by atoms with Crippen molar-refractivity contribution < 1.29 is 4.79 Å². The third kappa shape index (κ3) is 3.80. The van der Waals surface area contributed by atoms with E-state index in [2.05, 4.69) is 20.5 Å². The van der Waals surface area contributed by atoms with Crippen LogP contribution in [0.1, 0.15) is 11.1 Å². The highest BCUT2D eigenvalue weighted by atomic mass is 32.2. The molecule has 0 saturated carbocycles. The van der Waals surface area contributed by atoms with Gasteiger partial charge in [0, 0.05) is 23.6 Å². The van der Waals surface area contributed by atoms with E-state index in [1.54, 1.807) is 24.5 Å². The van der Waals surface area contributed by atoms with Gasteiger partial charge in [-0.3, -0.25) is 9.78 Å². The summed E-state index contributed by atoms with van der Waals surface area (Å²) >= 11 is 1.24. The number of nitrogens with two attached hydrogens (primary N) is 1. The van der Waals surface area contributed by atoms with Crippen LogP contribution >= 0.6 is 11.8 Å². The monoisotopic (exact) mass is 354 g/mol. The molecule has 2 heterocycles. The molecule has 0 bridgehead atoms. The Kier molecular flexibility index (Phi) is 4.99. The van der Waals surface area contributed by atoms with E-state index in [9.17, 15) is 4.79 Å². The lowest BCUT2D eigenvalue weighted by molar-refractivity contribution is -0.113. The van der Waals surface area contributed by atoms with E-state index in [1.807, 2.05) is 32.0 Å². The number of aryl methyl sites for hydroxylation is 2. The van der Waals surface area contributed by atoms with E-state index < -0.39 is 0 Å². The number of amides is 1. The SMILES string of the molecule is Cc1cccc(C)c1NC(=O)CSc1nnc(-c2ccncc2)n1N. The average Bonchev–Trinajstić information content (AvgIpc) is 2.98. The number of thioether (sulfide) groups is 1. The van der Waals surface area contributed by atoms with Crippen LogP contribution < -0.4 is 11.2 Å². The van der Waals surface area contributed by atoms with Gasteiger partial charge < -0.3 is 11.2 Å². The van der Waals surface area contributed by atoms with Gasteiger partial charge in [-0.1, -0.05) is 30.0 Å². The molecule has 2 aromatic heterocycles. The Bertz CT molecular complexity index is 873. The maximum absolute atomic E-state index is 12.2. The van der Waals surface area contributed by atoms with Crippen LogP contribution in [0.2, 0.25) is 0 Å². The molecular formula is C17H18N6OS. The largest absolute Gasteiger partial charge is 0.335 e. The first-order valence-corrected chi connectivity index (χ1v) is 8.64. The fourth-order valence-corrected chi connectivity index (χ4v) is 3.05. The van der Waals surface area contributed by atoms with Gasteiger partial charge in [0.05, 0.1) is 5.75 Å². The molecule has 0 saturated heterocycles. The average molecular weight is 354 g/mol. The van der Waals surface area contributed by atoms with E-state index in [0.717, 1.165) is 22.4 Å². The highest BCUT2D eigenvalue weighted by molar-refractivity contribution is 7.99. The van der Waals surface area contributed by atoms with Crippen molar-refractivity contribution in [2.75, 3.05) is 16.9 Å². The molecule has 0 aliphatic heterocycles. The van der Waals surface area contributed by atoms with Crippen LogP contribution in [-0.2, 0) is 4.79 Å². The Morgan fingerprint density at radius 2 is 1.84 bits per heavy atom. The van der Waals surface area contributed by atoms with Crippen molar-refractivity contribution in [3.05, 3.63) is 53.9 Å². The quantitative estimate of drug-likeness (QED) is 0.539. The minimum atomic E-state index is -0.115. The number of hydrogen-bond donors (Lipinski definition) is 2. The third-order valence-corrected chi connectivity index (χ3v) is 4.62. The summed E-state index contributed by atoms with van der Waals surface area (Å²) in [5.41, 5.74) is 3.72. The molecule has 0 radical (unpaired) electrons. The Hall–Kier alpha value is -2.87. The van der Waals surface area contributed by atoms with E-state index in [4.69, 9.17) is 5.84 Å². The lowest BCUT2D eigenvalue weighted by Crippen LogP contribution is -2.17. The molecule has 1 amide bonds. The Labute approximate surface area is 149 Å². The summed E-state index contributed by atoms with van der Waals surface area (Å²) in [6.45, 7) is 3.93. The fourth-order valence-electron chi connectivity index (χ4n) is 2.39. The molecule has 0 spiro atoms. The van der Waals surface area contributed by atoms with Crippen molar-refractivity contribution in [1.29, 1.82) is 0 Å². The van der Waals surface area contributed by atoms with Crippen molar-refractivity contribution in [1.82, 2.24) is 19.9 Å². The van der Waals surface area contributed by atoms with Crippen LogP contribution in [0.5, 0.6) is 0 Å². The van der Waals surface area contributed by atoms with Crippen molar-refractivity contribution >= 4 is 23.4 Å². The van der Waals surface area contributed by atoms with Gasteiger partial charge in [0.15, 0.2) is 5.82 Å². The predicted molar refractivity (Wildman–Crippen MR) is 98.7 cm³/mol. The molecule has 1 aromatic carbocycles. The zero-order valence-electron chi connectivity index (χ0n) is 13.9. The van der Waals surface area contributed by atoms with E-state index >= 15 is 0 Å². The summed E-state index contributed by atoms with van der Waals surface area (Å²) in [5.74, 6) is 6.65. The van der Waals surface area contributed by atoms with Gasteiger partial charge >= 0.3 is 0 Å². The number of hydrogen-bond acceptors (Lipinski definition) is 6. The normalized spacial score (nSPS) is 10.6. The Morgan fingerprint density at radius 3 is 2.52 bits per heavy atom. The first-order chi connectivity index (χ1) is 12.1. The maximum Gasteiger partial charge on any atom is 0.234 e. The number of nitrogens with zero attached hydrogens (tertiary/aromatic N) is 4. The highest BCUT2D eigenvalue weighted by Gasteiger charge is 2.14. The van der Waals surface area contributed by atoms with Gasteiger partial charge in [0.1, 0.15) is 0 Å². The number of rotatable bonds is 5. The van der Waals surface area contributed by atoms with Gasteiger partial charge in [-0.2, -0.15) is 0 Å². The molecule has 25 heavy (non-hydrogen) atoms. The highest BCUT2D eigenvalue weighted by Crippen LogP contribution is 2.23. The zero-order chi connectivity index (χ0) is 17.8. The van der Waals surface area contributed by atoms with Gasteiger partial charge in [-0.25, -0.2) is 4.68 Å². The summed E-state index contributed by atoms with van der Waals surface area (Å²) in [4.78, 5) is 16.2. The molecule has 0 aliphatic carbocycles. The Morgan fingerprint density at radius 1 is 1.16 bits per heavy atom. The first-order valence-electron chi connectivity index (χ1n) is 7.66. The number of para-hydroxylation sites is 1. The number of nitrogens with one attached hydrogen (secondary N) is 1. The maximum atomic E-state index is 12.2. The second-order valence-electron chi connectivity index (χ2n) is 5.52. The summed E-state index contributed by atoms with van der Waals surface area (Å²) in [6, 6.07) is 9.50. The molecule has 128 valence electrons. The second kappa shape index (κ2) is 7.35. The topological polar surface area (TPSA) is 98.7 Å². The van der Waals surface area contributed by atoms with Gasteiger partial charge in [0.25, 0.3) is 0 Å². The minimum absolute atomic E-state index is 0.115. The zero-order valence-corrected chi connectivity index (χ0v) is 14.7. The molecule has 0 atom stereocenters. The number of anilines is 1. The molecule has 3 rings (SSSR count). The molecule has 0 aliphatic rings. The van der Waals surface area contributed by atoms with Gasteiger partial charge in [0.2, 0.25) is 11.1 Å². The van der Waals surface area contributed by atoms with Crippen molar-refractivity contribution in [2.45, 2.75) is 19.0 Å². The minimum Gasteiger partial charge on any atom is -0.335 e. The van der Waals surface area contributed by atoms with Gasteiger partial charge in [-0.15, -0.1) is 10.2 Å². The summed E-state index contributed by atoms with van der Waals surface area (Å²) < 4.78 is 1.38. The lowest BCUT2D eigenvalue weighted by Gasteiger charge is -2.11. The van der Waals surface area contributed by atoms with Crippen molar-refractivity contribution in [2.24, 2.45) is 0 Å². The number of benzene rings is 1. The number of aromatic nitrogens is 4. The molecule has 0 fully saturated rings. The summed E-state index contributed by atoms with van der Waals surface area (Å²) in [6.07, 6.45) is 3.32. The van der Waals surface area contributed by atoms with Crippen molar-refractivity contribution in [3.8, 4) is 11.4 Å². The number of carbonyl (C=O) groups excluding carboxylic acids is 1. The van der Waals surface area contributed by atoms with Crippen LogP contribution in [-0.4, -0.2) is 31.5 Å². The van der Waals surface area contributed by atoms with Crippen LogP contribution in [0.15, 0.2) is 47.9 Å². The lowest BCUT2D eigenvalue weighted by atomic mass is 10.1. The summed E-state index contributed by atoms with van der Waals surface area (Å²) in [5, 5.41) is 11.6. The first kappa shape index (κ1) is 17.0. The predicted octanol–water partition coefficient (Wildman–Crippen LogP) is 2.40. The van der Waals surface area contributed by atoms with Gasteiger partial charge in [-0.05, 0) is 37.1 Å². The van der Waals surface area contributed by atoms with Crippen LogP contribution in [0, 0.1) is 13.8 Å². The molecule has 7 nitrogen and oxygen atoms in total. The summed E-state index contributed by atoms with van der Waals surface area (Å²) in [7, 11) is 0. The number of pyridine rings is 1. The molecule has 3 aromatic rings. The number of carbonyl (C=O) groups is 1. The van der Waals surface area contributed by atoms with E-state index in [1.165, 1.54) is 16.4 Å². The molecule has 0 unspecified atom stereocenters. The molecular weight excluding hydrogens is 336 g/mol. The molecule has 8 heteroatoms. The van der Waals surface area contributed by atoms with Crippen LogP contribution in [0.4, 0.5) is 5.69 Å². The smallest absolute Gasteiger partial charge is 0.234 e. The van der Waals surface area contributed by atoms with Crippen LogP contribution in [0.3, 0.4) is 0 Å². The van der Waals surface area contributed by atoms with Crippen LogP contribution in [0.25, 0.3) is 11.4 Å². The van der Waals surface area contributed by atoms with Crippen molar-refractivity contribution in [3.63, 3.8) is 0 Å². The number of nitrogen functional groups attached to an aromatic ring is 1. The van der Waals surface area contributed by atoms with E-state index in [0.29, 0.717) is 11.0 Å². The molecule has 3 N–H and O–H groups in total. The standard InChI is InChI=1S/C17H18N6OS/c1-11-4-3-5-12(2)15(11)20-14(24)10-25-17-22-21-16(23(17)18)13-6-8-19-9-7-13/h3-9H,10,18H2,1-2H3,(H,20,24). The van der Waals surface area contributed by atoms with E-state index in [-0.39, 0.29) is 11.7 Å². The Balaban J connectivity index is 1.66. The third-order valence-electron chi connectivity index (χ3n) is 3.68. The fraction of sp³-hybridized carbons (Fsp3) is 0.176. The second-order valence-corrected chi connectivity index (χ2v) is 6.46.